The van der Waals surface area contributed by atoms with Crippen LogP contribution in [-0.2, 0) is 12.8 Å². The zero-order chi connectivity index (χ0) is 14.5. The van der Waals surface area contributed by atoms with E-state index in [1.165, 1.54) is 30.5 Å². The van der Waals surface area contributed by atoms with Crippen LogP contribution in [-0.4, -0.2) is 22.6 Å². The Bertz CT molecular complexity index is 568. The van der Waals surface area contributed by atoms with Crippen LogP contribution in [0, 0.1) is 0 Å². The molecule has 110 valence electrons. The van der Waals surface area contributed by atoms with Crippen molar-refractivity contribution >= 4 is 0 Å². The van der Waals surface area contributed by atoms with Crippen molar-refractivity contribution in [3.63, 3.8) is 0 Å². The highest BCUT2D eigenvalue weighted by molar-refractivity contribution is 5.28. The van der Waals surface area contributed by atoms with Crippen LogP contribution >= 0.6 is 0 Å². The Hall–Kier alpha value is -1.74. The quantitative estimate of drug-likeness (QED) is 0.915. The lowest BCUT2D eigenvalue weighted by molar-refractivity contribution is 0.386. The molecular weight excluding hydrogens is 258 g/mol. The molecule has 2 unspecified atom stereocenters. The molecule has 0 amide bonds. The van der Waals surface area contributed by atoms with Crippen LogP contribution in [0.25, 0.3) is 0 Å². The molecular formula is C18H23N3. The summed E-state index contributed by atoms with van der Waals surface area (Å²) in [5.74, 6) is 0.497. The zero-order valence-electron chi connectivity index (χ0n) is 12.6. The molecule has 3 rings (SSSR count). The van der Waals surface area contributed by atoms with E-state index in [1.807, 2.05) is 18.5 Å². The summed E-state index contributed by atoms with van der Waals surface area (Å²) in [5.41, 5.74) is 3.88. The standard InChI is InChI=1S/C18H23N3/c1-2-19-17(13-15-9-3-4-11-20-15)16-10-5-7-14-8-6-12-21-18(14)16/h3-4,6,8-9,11-12,16-17,19H,2,5,7,10,13H2,1H3. The Kier molecular flexibility index (Phi) is 4.61. The minimum absolute atomic E-state index is 0.416. The van der Waals surface area contributed by atoms with Gasteiger partial charge in [0.1, 0.15) is 0 Å². The second-order valence-corrected chi connectivity index (χ2v) is 5.74. The van der Waals surface area contributed by atoms with E-state index in [-0.39, 0.29) is 0 Å². The number of fused-ring (bicyclic) bond motifs is 1. The molecule has 1 aliphatic carbocycles. The highest BCUT2D eigenvalue weighted by Gasteiger charge is 2.28. The Morgan fingerprint density at radius 3 is 2.90 bits per heavy atom. The van der Waals surface area contributed by atoms with Gasteiger partial charge in [0.25, 0.3) is 0 Å². The SMILES string of the molecule is CCNC(Cc1ccccn1)C1CCCc2cccnc21. The summed E-state index contributed by atoms with van der Waals surface area (Å²) < 4.78 is 0. The molecule has 3 heteroatoms. The molecule has 2 heterocycles. The molecule has 2 aromatic rings. The maximum Gasteiger partial charge on any atom is 0.0482 e. The van der Waals surface area contributed by atoms with Crippen molar-refractivity contribution in [3.8, 4) is 0 Å². The molecule has 0 aliphatic heterocycles. The Morgan fingerprint density at radius 2 is 2.10 bits per heavy atom. The fraction of sp³-hybridized carbons (Fsp3) is 0.444. The van der Waals surface area contributed by atoms with Gasteiger partial charge in [0.15, 0.2) is 0 Å². The van der Waals surface area contributed by atoms with E-state index in [1.54, 1.807) is 0 Å². The fourth-order valence-corrected chi connectivity index (χ4v) is 3.40. The first kappa shape index (κ1) is 14.2. The van der Waals surface area contributed by atoms with Crippen LogP contribution in [0.4, 0.5) is 0 Å². The molecule has 3 nitrogen and oxygen atoms in total. The second-order valence-electron chi connectivity index (χ2n) is 5.74. The van der Waals surface area contributed by atoms with E-state index in [0.717, 1.165) is 18.7 Å². The number of rotatable bonds is 5. The molecule has 0 saturated carbocycles. The van der Waals surface area contributed by atoms with Crippen LogP contribution < -0.4 is 5.32 Å². The van der Waals surface area contributed by atoms with Gasteiger partial charge in [-0.3, -0.25) is 9.97 Å². The van der Waals surface area contributed by atoms with Gasteiger partial charge in [0, 0.05) is 42.2 Å². The first-order valence-corrected chi connectivity index (χ1v) is 7.95. The topological polar surface area (TPSA) is 37.8 Å². The maximum absolute atomic E-state index is 4.69. The van der Waals surface area contributed by atoms with Crippen molar-refractivity contribution in [1.29, 1.82) is 0 Å². The van der Waals surface area contributed by atoms with Gasteiger partial charge < -0.3 is 5.32 Å². The van der Waals surface area contributed by atoms with Crippen molar-refractivity contribution in [1.82, 2.24) is 15.3 Å². The molecule has 1 aliphatic rings. The van der Waals surface area contributed by atoms with Gasteiger partial charge in [-0.25, -0.2) is 0 Å². The van der Waals surface area contributed by atoms with Crippen molar-refractivity contribution in [3.05, 3.63) is 59.7 Å². The number of likely N-dealkylation sites (N-methyl/N-ethyl adjacent to an activating group) is 1. The van der Waals surface area contributed by atoms with Gasteiger partial charge in [-0.15, -0.1) is 0 Å². The number of hydrogen-bond donors (Lipinski definition) is 1. The predicted octanol–water partition coefficient (Wildman–Crippen LogP) is 3.12. The molecule has 0 saturated heterocycles. The highest BCUT2D eigenvalue weighted by atomic mass is 14.9. The molecule has 0 bridgehead atoms. The number of nitrogens with zero attached hydrogens (tertiary/aromatic N) is 2. The molecule has 0 fully saturated rings. The van der Waals surface area contributed by atoms with Crippen LogP contribution in [0.2, 0.25) is 0 Å². The molecule has 2 atom stereocenters. The van der Waals surface area contributed by atoms with Crippen molar-refractivity contribution < 1.29 is 0 Å². The number of aromatic nitrogens is 2. The number of aryl methyl sites for hydroxylation is 1. The van der Waals surface area contributed by atoms with Crippen LogP contribution in [0.5, 0.6) is 0 Å². The summed E-state index contributed by atoms with van der Waals surface area (Å²) in [5, 5.41) is 3.66. The summed E-state index contributed by atoms with van der Waals surface area (Å²) in [4.78, 5) is 9.18. The zero-order valence-corrected chi connectivity index (χ0v) is 12.6. The summed E-state index contributed by atoms with van der Waals surface area (Å²) in [6, 6.07) is 10.9. The van der Waals surface area contributed by atoms with E-state index < -0.39 is 0 Å². The summed E-state index contributed by atoms with van der Waals surface area (Å²) in [7, 11) is 0. The molecule has 0 spiro atoms. The lowest BCUT2D eigenvalue weighted by atomic mass is 9.80. The summed E-state index contributed by atoms with van der Waals surface area (Å²) in [6.45, 7) is 3.16. The molecule has 0 aromatic carbocycles. The monoisotopic (exact) mass is 281 g/mol. The molecule has 1 N–H and O–H groups in total. The third kappa shape index (κ3) is 3.30. The smallest absolute Gasteiger partial charge is 0.0482 e. The fourth-order valence-electron chi connectivity index (χ4n) is 3.40. The normalized spacial score (nSPS) is 19.0. The molecule has 0 radical (unpaired) electrons. The molecule has 2 aromatic heterocycles. The van der Waals surface area contributed by atoms with E-state index >= 15 is 0 Å². The largest absolute Gasteiger partial charge is 0.313 e. The van der Waals surface area contributed by atoms with Gasteiger partial charge in [-0.1, -0.05) is 19.1 Å². The van der Waals surface area contributed by atoms with E-state index in [0.29, 0.717) is 12.0 Å². The average Bonchev–Trinajstić information content (AvgIpc) is 2.55. The van der Waals surface area contributed by atoms with Gasteiger partial charge in [0.05, 0.1) is 0 Å². The third-order valence-corrected chi connectivity index (χ3v) is 4.35. The minimum Gasteiger partial charge on any atom is -0.313 e. The van der Waals surface area contributed by atoms with Crippen LogP contribution in [0.1, 0.15) is 42.6 Å². The van der Waals surface area contributed by atoms with E-state index in [4.69, 9.17) is 0 Å². The van der Waals surface area contributed by atoms with Crippen molar-refractivity contribution in [2.24, 2.45) is 0 Å². The number of hydrogen-bond acceptors (Lipinski definition) is 3. The first-order chi connectivity index (χ1) is 10.4. The Morgan fingerprint density at radius 1 is 1.19 bits per heavy atom. The van der Waals surface area contributed by atoms with Gasteiger partial charge >= 0.3 is 0 Å². The number of pyridine rings is 2. The van der Waals surface area contributed by atoms with E-state index in [2.05, 4.69) is 46.5 Å². The minimum atomic E-state index is 0.416. The van der Waals surface area contributed by atoms with Crippen molar-refractivity contribution in [2.75, 3.05) is 6.54 Å². The van der Waals surface area contributed by atoms with Crippen LogP contribution in [0.3, 0.4) is 0 Å². The lowest BCUT2D eigenvalue weighted by Crippen LogP contribution is -2.38. The highest BCUT2D eigenvalue weighted by Crippen LogP contribution is 2.33. The second kappa shape index (κ2) is 6.81. The Labute approximate surface area is 126 Å². The van der Waals surface area contributed by atoms with Gasteiger partial charge in [-0.2, -0.15) is 0 Å². The maximum atomic E-state index is 4.69. The predicted molar refractivity (Wildman–Crippen MR) is 85.3 cm³/mol. The summed E-state index contributed by atoms with van der Waals surface area (Å²) >= 11 is 0. The van der Waals surface area contributed by atoms with Gasteiger partial charge in [0.2, 0.25) is 0 Å². The third-order valence-electron chi connectivity index (χ3n) is 4.35. The first-order valence-electron chi connectivity index (χ1n) is 7.95. The van der Waals surface area contributed by atoms with E-state index in [9.17, 15) is 0 Å². The van der Waals surface area contributed by atoms with Gasteiger partial charge in [-0.05, 0) is 49.6 Å². The average molecular weight is 281 g/mol. The summed E-state index contributed by atoms with van der Waals surface area (Å²) in [6.07, 6.45) is 8.42. The lowest BCUT2D eigenvalue weighted by Gasteiger charge is -2.32. The van der Waals surface area contributed by atoms with Crippen molar-refractivity contribution in [2.45, 2.75) is 44.6 Å². The Balaban J connectivity index is 1.84. The van der Waals surface area contributed by atoms with Crippen LogP contribution in [0.15, 0.2) is 42.7 Å². The molecule has 21 heavy (non-hydrogen) atoms. The number of nitrogens with one attached hydrogen (secondary N) is 1.